The Morgan fingerprint density at radius 1 is 1.08 bits per heavy atom. The van der Waals surface area contributed by atoms with Gasteiger partial charge in [-0.05, 0) is 92.1 Å². The predicted octanol–water partition coefficient (Wildman–Crippen LogP) is 6.19. The van der Waals surface area contributed by atoms with E-state index in [9.17, 15) is 9.18 Å². The number of carbonyl (C=O) groups is 1. The highest BCUT2D eigenvalue weighted by atomic mass is 32.1. The second-order valence-corrected chi connectivity index (χ2v) is 10.2. The summed E-state index contributed by atoms with van der Waals surface area (Å²) in [6, 6.07) is 22.0. The summed E-state index contributed by atoms with van der Waals surface area (Å²) in [5.41, 5.74) is 6.85. The summed E-state index contributed by atoms with van der Waals surface area (Å²) in [5.74, 6) is -0.330. The number of nitrogens with one attached hydrogen (secondary N) is 2. The predicted molar refractivity (Wildman–Crippen MR) is 156 cm³/mol. The van der Waals surface area contributed by atoms with Gasteiger partial charge in [0.25, 0.3) is 0 Å². The number of amides is 1. The van der Waals surface area contributed by atoms with Gasteiger partial charge in [-0.25, -0.2) is 4.39 Å². The van der Waals surface area contributed by atoms with Crippen LogP contribution in [0.2, 0.25) is 0 Å². The van der Waals surface area contributed by atoms with Gasteiger partial charge in [-0.3, -0.25) is 9.78 Å². The monoisotopic (exact) mass is 541 g/mol. The molecule has 0 saturated carbocycles. The maximum absolute atomic E-state index is 13.6. The van der Waals surface area contributed by atoms with Crippen LogP contribution in [0.5, 0.6) is 0 Å². The molecule has 0 spiro atoms. The standard InChI is InChI=1S/C31H32FN5OS/c1-4-22-9-5-6-10-26(22)34-28(38)16-18-36-30(29(35-31(36)39)27-11-7-8-17-33-27)25-19-20(2)37(21(25)3)24-14-12-23(32)13-15-24/h5-15,17,19,29-30H,4,16,18H2,1-3H3,(H,34,38)(H,35,39)/t29-,30+/m1/s1. The smallest absolute Gasteiger partial charge is 0.226 e. The van der Waals surface area contributed by atoms with Crippen LogP contribution in [0.3, 0.4) is 0 Å². The molecule has 0 unspecified atom stereocenters. The van der Waals surface area contributed by atoms with Gasteiger partial charge in [-0.1, -0.05) is 31.2 Å². The van der Waals surface area contributed by atoms with Crippen LogP contribution in [-0.4, -0.2) is 32.0 Å². The number of para-hydroxylation sites is 1. The van der Waals surface area contributed by atoms with Crippen molar-refractivity contribution in [3.8, 4) is 5.69 Å². The Hall–Kier alpha value is -4.04. The van der Waals surface area contributed by atoms with Gasteiger partial charge < -0.3 is 20.1 Å². The molecule has 6 nitrogen and oxygen atoms in total. The molecule has 8 heteroatoms. The highest BCUT2D eigenvalue weighted by Gasteiger charge is 2.41. The van der Waals surface area contributed by atoms with Crippen LogP contribution in [0.15, 0.2) is 79.0 Å². The van der Waals surface area contributed by atoms with Crippen LogP contribution >= 0.6 is 12.2 Å². The van der Waals surface area contributed by atoms with Gasteiger partial charge in [-0.15, -0.1) is 0 Å². The molecule has 1 aliphatic heterocycles. The second-order valence-electron chi connectivity index (χ2n) is 9.77. The van der Waals surface area contributed by atoms with E-state index in [0.717, 1.165) is 46.0 Å². The number of aromatic nitrogens is 2. The van der Waals surface area contributed by atoms with Crippen LogP contribution in [0.1, 0.15) is 53.6 Å². The fourth-order valence-electron chi connectivity index (χ4n) is 5.44. The van der Waals surface area contributed by atoms with Gasteiger partial charge >= 0.3 is 0 Å². The Morgan fingerprint density at radius 3 is 2.54 bits per heavy atom. The van der Waals surface area contributed by atoms with Crippen LogP contribution in [-0.2, 0) is 11.2 Å². The zero-order chi connectivity index (χ0) is 27.5. The Morgan fingerprint density at radius 2 is 1.82 bits per heavy atom. The molecule has 2 N–H and O–H groups in total. The first-order valence-electron chi connectivity index (χ1n) is 13.2. The van der Waals surface area contributed by atoms with E-state index in [2.05, 4.69) is 45.0 Å². The third kappa shape index (κ3) is 5.43. The van der Waals surface area contributed by atoms with Crippen molar-refractivity contribution >= 4 is 28.9 Å². The highest BCUT2D eigenvalue weighted by molar-refractivity contribution is 7.80. The summed E-state index contributed by atoms with van der Waals surface area (Å²) in [6.07, 6.45) is 2.90. The lowest BCUT2D eigenvalue weighted by atomic mass is 9.96. The number of nitrogens with zero attached hydrogens (tertiary/aromatic N) is 3. The van der Waals surface area contributed by atoms with E-state index in [-0.39, 0.29) is 30.2 Å². The molecular weight excluding hydrogens is 509 g/mol. The first-order chi connectivity index (χ1) is 18.9. The quantitative estimate of drug-likeness (QED) is 0.261. The Bertz CT molecular complexity index is 1480. The third-order valence-corrected chi connectivity index (χ3v) is 7.68. The number of anilines is 1. The minimum Gasteiger partial charge on any atom is -0.352 e. The van der Waals surface area contributed by atoms with Crippen molar-refractivity contribution in [3.63, 3.8) is 0 Å². The van der Waals surface area contributed by atoms with E-state index in [1.165, 1.54) is 12.1 Å². The van der Waals surface area contributed by atoms with Crippen molar-refractivity contribution < 1.29 is 9.18 Å². The Kier molecular flexibility index (Phi) is 7.74. The largest absolute Gasteiger partial charge is 0.352 e. The molecule has 0 radical (unpaired) electrons. The van der Waals surface area contributed by atoms with Gasteiger partial charge in [0, 0.05) is 41.9 Å². The summed E-state index contributed by atoms with van der Waals surface area (Å²) in [6.45, 7) is 6.62. The molecule has 0 aliphatic carbocycles. The maximum Gasteiger partial charge on any atom is 0.226 e. The summed E-state index contributed by atoms with van der Waals surface area (Å²) in [5, 5.41) is 7.13. The first-order valence-corrected chi connectivity index (χ1v) is 13.6. The van der Waals surface area contributed by atoms with Gasteiger partial charge in [0.05, 0.1) is 17.8 Å². The van der Waals surface area contributed by atoms with Gasteiger partial charge in [0.1, 0.15) is 5.82 Å². The van der Waals surface area contributed by atoms with E-state index >= 15 is 0 Å². The lowest BCUT2D eigenvalue weighted by molar-refractivity contribution is -0.116. The molecule has 1 fully saturated rings. The number of hydrogen-bond donors (Lipinski definition) is 2. The number of rotatable bonds is 8. The molecule has 1 saturated heterocycles. The molecule has 3 heterocycles. The first kappa shape index (κ1) is 26.6. The minimum absolute atomic E-state index is 0.0597. The normalized spacial score (nSPS) is 16.8. The Labute approximate surface area is 233 Å². The number of thiocarbonyl (C=S) groups is 1. The zero-order valence-corrected chi connectivity index (χ0v) is 23.1. The van der Waals surface area contributed by atoms with Gasteiger partial charge in [0.15, 0.2) is 5.11 Å². The number of pyridine rings is 1. The van der Waals surface area contributed by atoms with E-state index in [0.29, 0.717) is 11.7 Å². The van der Waals surface area contributed by atoms with E-state index in [4.69, 9.17) is 12.2 Å². The molecule has 4 aromatic rings. The molecule has 2 aromatic carbocycles. The highest BCUT2D eigenvalue weighted by Crippen LogP contribution is 2.41. The van der Waals surface area contributed by atoms with Crippen molar-refractivity contribution in [2.45, 2.75) is 45.7 Å². The summed E-state index contributed by atoms with van der Waals surface area (Å²) >= 11 is 5.81. The molecule has 2 atom stereocenters. The number of aryl methyl sites for hydroxylation is 2. The van der Waals surface area contributed by atoms with Crippen molar-refractivity contribution in [1.29, 1.82) is 0 Å². The third-order valence-electron chi connectivity index (χ3n) is 7.32. The molecule has 0 bridgehead atoms. The molecular formula is C31H32FN5OS. The Balaban J connectivity index is 1.46. The van der Waals surface area contributed by atoms with Crippen molar-refractivity contribution in [3.05, 3.63) is 113 Å². The lowest BCUT2D eigenvalue weighted by Gasteiger charge is -2.28. The SMILES string of the molecule is CCc1ccccc1NC(=O)CCN1C(=S)N[C@H](c2ccccn2)[C@@H]1c1cc(C)n(-c2ccc(F)cc2)c1C. The van der Waals surface area contributed by atoms with Crippen molar-refractivity contribution in [1.82, 2.24) is 19.8 Å². The molecule has 2 aromatic heterocycles. The van der Waals surface area contributed by atoms with E-state index < -0.39 is 0 Å². The number of hydrogen-bond acceptors (Lipinski definition) is 3. The summed E-state index contributed by atoms with van der Waals surface area (Å²) < 4.78 is 15.8. The zero-order valence-electron chi connectivity index (χ0n) is 22.3. The number of halogens is 1. The molecule has 39 heavy (non-hydrogen) atoms. The fraction of sp³-hybridized carbons (Fsp3) is 0.258. The van der Waals surface area contributed by atoms with E-state index in [1.807, 2.05) is 49.4 Å². The summed E-state index contributed by atoms with van der Waals surface area (Å²) in [7, 11) is 0. The van der Waals surface area contributed by atoms with Crippen molar-refractivity contribution in [2.75, 3.05) is 11.9 Å². The van der Waals surface area contributed by atoms with Crippen LogP contribution in [0.25, 0.3) is 5.69 Å². The lowest BCUT2D eigenvalue weighted by Crippen LogP contribution is -2.33. The molecule has 1 amide bonds. The number of benzene rings is 2. The van der Waals surface area contributed by atoms with Crippen LogP contribution in [0.4, 0.5) is 10.1 Å². The van der Waals surface area contributed by atoms with E-state index in [1.54, 1.807) is 18.3 Å². The average Bonchev–Trinajstić information content (AvgIpc) is 3.43. The maximum atomic E-state index is 13.6. The second kappa shape index (κ2) is 11.4. The van der Waals surface area contributed by atoms with Gasteiger partial charge in [-0.2, -0.15) is 0 Å². The topological polar surface area (TPSA) is 62.2 Å². The molecule has 200 valence electrons. The van der Waals surface area contributed by atoms with Crippen molar-refractivity contribution in [2.24, 2.45) is 0 Å². The van der Waals surface area contributed by atoms with Gasteiger partial charge in [0.2, 0.25) is 5.91 Å². The minimum atomic E-state index is -0.270. The molecule has 5 rings (SSSR count). The number of carbonyl (C=O) groups excluding carboxylic acids is 1. The van der Waals surface area contributed by atoms with Crippen LogP contribution < -0.4 is 10.6 Å². The average molecular weight is 542 g/mol. The van der Waals surface area contributed by atoms with Crippen LogP contribution in [0, 0.1) is 19.7 Å². The fourth-order valence-corrected chi connectivity index (χ4v) is 5.78. The summed E-state index contributed by atoms with van der Waals surface area (Å²) in [4.78, 5) is 19.7. The molecule has 1 aliphatic rings.